The van der Waals surface area contributed by atoms with Crippen molar-refractivity contribution in [3.8, 4) is 5.88 Å². The highest BCUT2D eigenvalue weighted by Gasteiger charge is 2.35. The molecule has 30 heavy (non-hydrogen) atoms. The van der Waals surface area contributed by atoms with Gasteiger partial charge in [0, 0.05) is 36.1 Å². The van der Waals surface area contributed by atoms with Crippen molar-refractivity contribution >= 4 is 27.7 Å². The molecule has 0 unspecified atom stereocenters. The minimum absolute atomic E-state index is 0.0387. The number of aliphatic hydroxyl groups is 1. The maximum absolute atomic E-state index is 13.1. The molecule has 0 saturated heterocycles. The highest BCUT2D eigenvalue weighted by atomic mass is 79.9. The molecule has 1 aliphatic heterocycles. The van der Waals surface area contributed by atoms with E-state index >= 15 is 0 Å². The van der Waals surface area contributed by atoms with E-state index in [0.717, 1.165) is 25.7 Å². The van der Waals surface area contributed by atoms with E-state index in [2.05, 4.69) is 20.9 Å². The molecule has 0 radical (unpaired) electrons. The van der Waals surface area contributed by atoms with Crippen LogP contribution < -0.4 is 4.74 Å². The number of ether oxygens (including phenoxy) is 1. The Morgan fingerprint density at radius 2 is 2.10 bits per heavy atom. The van der Waals surface area contributed by atoms with Crippen LogP contribution in [0, 0.1) is 11.8 Å². The van der Waals surface area contributed by atoms with Crippen LogP contribution in [0.25, 0.3) is 0 Å². The Balaban J connectivity index is 1.84. The van der Waals surface area contributed by atoms with Crippen LogP contribution >= 0.6 is 15.9 Å². The third-order valence-corrected chi connectivity index (χ3v) is 6.71. The smallest absolute Gasteiger partial charge is 0.259 e. The molecule has 7 nitrogen and oxygen atoms in total. The highest BCUT2D eigenvalue weighted by molar-refractivity contribution is 9.10. The summed E-state index contributed by atoms with van der Waals surface area (Å²) in [7, 11) is 1.83. The van der Waals surface area contributed by atoms with Crippen LogP contribution in [0.1, 0.15) is 56.3 Å². The number of carbonyl (C=O) groups is 2. The topological polar surface area (TPSA) is 83.0 Å². The minimum atomic E-state index is -0.327. The van der Waals surface area contributed by atoms with Gasteiger partial charge in [-0.2, -0.15) is 0 Å². The number of fused-ring (bicyclic) bond motifs is 1. The lowest BCUT2D eigenvalue weighted by Crippen LogP contribution is -2.51. The molecule has 3 atom stereocenters. The van der Waals surface area contributed by atoms with E-state index in [0.29, 0.717) is 23.1 Å². The maximum atomic E-state index is 13.1. The summed E-state index contributed by atoms with van der Waals surface area (Å²) in [5.41, 5.74) is 0.364. The Hall–Kier alpha value is -1.67. The molecule has 1 N–H and O–H groups in total. The number of halogens is 1. The van der Waals surface area contributed by atoms with Crippen molar-refractivity contribution in [2.75, 3.05) is 26.7 Å². The quantitative estimate of drug-likeness (QED) is 0.698. The first-order chi connectivity index (χ1) is 14.3. The van der Waals surface area contributed by atoms with E-state index in [4.69, 9.17) is 4.74 Å². The molecule has 1 aliphatic carbocycles. The number of carbonyl (C=O) groups excluding carboxylic acids is 2. The van der Waals surface area contributed by atoms with Gasteiger partial charge in [-0.25, -0.2) is 4.98 Å². The summed E-state index contributed by atoms with van der Waals surface area (Å²) in [6.07, 6.45) is 6.65. The molecular formula is C22H32BrN3O4. The van der Waals surface area contributed by atoms with E-state index in [1.807, 2.05) is 20.9 Å². The van der Waals surface area contributed by atoms with Gasteiger partial charge in [0.2, 0.25) is 11.8 Å². The summed E-state index contributed by atoms with van der Waals surface area (Å²) in [4.78, 5) is 33.9. The first-order valence-electron chi connectivity index (χ1n) is 10.8. The van der Waals surface area contributed by atoms with Gasteiger partial charge in [0.05, 0.1) is 19.2 Å². The zero-order chi connectivity index (χ0) is 21.8. The Labute approximate surface area is 186 Å². The van der Waals surface area contributed by atoms with Crippen LogP contribution in [0.2, 0.25) is 0 Å². The lowest BCUT2D eigenvalue weighted by Gasteiger charge is -2.38. The van der Waals surface area contributed by atoms with Gasteiger partial charge in [-0.05, 0) is 41.8 Å². The number of hydrogen-bond donors (Lipinski definition) is 1. The van der Waals surface area contributed by atoms with Gasteiger partial charge in [0.1, 0.15) is 11.7 Å². The van der Waals surface area contributed by atoms with E-state index in [9.17, 15) is 14.7 Å². The number of hydrogen-bond acceptors (Lipinski definition) is 5. The van der Waals surface area contributed by atoms with Gasteiger partial charge in [-0.1, -0.05) is 26.2 Å². The molecule has 2 amide bonds. The van der Waals surface area contributed by atoms with Crippen molar-refractivity contribution in [3.05, 3.63) is 22.3 Å². The fourth-order valence-electron chi connectivity index (χ4n) is 4.32. The Kier molecular flexibility index (Phi) is 7.74. The average Bonchev–Trinajstić information content (AvgIpc) is 2.76. The standard InChI is InChI=1S/C22H32BrN3O4/c1-14-11-26(15(2)13-27)22(29)18-9-17(23)10-24-20(18)30-19(14)12-25(3)21(28)16-7-5-4-6-8-16/h9-10,14-16,19,27H,4-8,11-13H2,1-3H3/t14-,15+,19-/m1/s1. The van der Waals surface area contributed by atoms with Crippen LogP contribution in [-0.2, 0) is 4.79 Å². The Morgan fingerprint density at radius 1 is 1.40 bits per heavy atom. The molecule has 0 bridgehead atoms. The third-order valence-electron chi connectivity index (χ3n) is 6.27. The number of nitrogens with zero attached hydrogens (tertiary/aromatic N) is 3. The maximum Gasteiger partial charge on any atom is 0.259 e. The molecule has 0 spiro atoms. The van der Waals surface area contributed by atoms with E-state index in [1.54, 1.807) is 22.1 Å². The summed E-state index contributed by atoms with van der Waals surface area (Å²) >= 11 is 3.38. The molecule has 2 heterocycles. The number of aromatic nitrogens is 1. The summed E-state index contributed by atoms with van der Waals surface area (Å²) in [5.74, 6) is 0.295. The number of pyridine rings is 1. The van der Waals surface area contributed by atoms with E-state index in [-0.39, 0.29) is 48.3 Å². The minimum Gasteiger partial charge on any atom is -0.472 e. The van der Waals surface area contributed by atoms with Gasteiger partial charge in [-0.15, -0.1) is 0 Å². The van der Waals surface area contributed by atoms with Gasteiger partial charge >= 0.3 is 0 Å². The molecule has 1 aromatic heterocycles. The fraction of sp³-hybridized carbons (Fsp3) is 0.682. The molecule has 166 valence electrons. The highest BCUT2D eigenvalue weighted by Crippen LogP contribution is 2.29. The van der Waals surface area contributed by atoms with Crippen molar-refractivity contribution in [2.45, 2.75) is 58.1 Å². The summed E-state index contributed by atoms with van der Waals surface area (Å²) in [6, 6.07) is 1.37. The SMILES string of the molecule is C[C@@H]1CN([C@@H](C)CO)C(=O)c2cc(Br)cnc2O[C@@H]1CN(C)C(=O)C1CCCCC1. The van der Waals surface area contributed by atoms with E-state index < -0.39 is 0 Å². The second-order valence-electron chi connectivity index (χ2n) is 8.68. The Morgan fingerprint density at radius 3 is 2.77 bits per heavy atom. The van der Waals surface area contributed by atoms with Crippen LogP contribution in [0.15, 0.2) is 16.7 Å². The number of likely N-dealkylation sites (N-methyl/N-ethyl adjacent to an activating group) is 1. The molecule has 1 aromatic rings. The van der Waals surface area contributed by atoms with Crippen molar-refractivity contribution < 1.29 is 19.4 Å². The lowest BCUT2D eigenvalue weighted by atomic mass is 9.88. The largest absolute Gasteiger partial charge is 0.472 e. The first-order valence-corrected chi connectivity index (χ1v) is 11.6. The zero-order valence-corrected chi connectivity index (χ0v) is 19.6. The molecule has 2 aliphatic rings. The van der Waals surface area contributed by atoms with Gasteiger partial charge < -0.3 is 19.6 Å². The predicted molar refractivity (Wildman–Crippen MR) is 117 cm³/mol. The molecule has 1 fully saturated rings. The van der Waals surface area contributed by atoms with Crippen molar-refractivity contribution in [1.29, 1.82) is 0 Å². The van der Waals surface area contributed by atoms with Crippen LogP contribution in [0.4, 0.5) is 0 Å². The van der Waals surface area contributed by atoms with Gasteiger partial charge in [0.25, 0.3) is 5.91 Å². The third kappa shape index (κ3) is 5.14. The molecule has 3 rings (SSSR count). The van der Waals surface area contributed by atoms with Crippen LogP contribution in [-0.4, -0.2) is 70.6 Å². The number of aliphatic hydroxyl groups excluding tert-OH is 1. The Bertz CT molecular complexity index is 769. The monoisotopic (exact) mass is 481 g/mol. The van der Waals surface area contributed by atoms with E-state index in [1.165, 1.54) is 6.42 Å². The van der Waals surface area contributed by atoms with Gasteiger partial charge in [0.15, 0.2) is 0 Å². The van der Waals surface area contributed by atoms with Gasteiger partial charge in [-0.3, -0.25) is 9.59 Å². The molecule has 1 saturated carbocycles. The number of amides is 2. The van der Waals surface area contributed by atoms with Crippen molar-refractivity contribution in [2.24, 2.45) is 11.8 Å². The van der Waals surface area contributed by atoms with Crippen LogP contribution in [0.5, 0.6) is 5.88 Å². The lowest BCUT2D eigenvalue weighted by molar-refractivity contribution is -0.136. The normalized spacial score (nSPS) is 23.8. The first kappa shape index (κ1) is 23.0. The fourth-order valence-corrected chi connectivity index (χ4v) is 4.65. The summed E-state index contributed by atoms with van der Waals surface area (Å²) in [5, 5.41) is 9.68. The second kappa shape index (κ2) is 10.1. The second-order valence-corrected chi connectivity index (χ2v) is 9.60. The predicted octanol–water partition coefficient (Wildman–Crippen LogP) is 3.10. The molecule has 8 heteroatoms. The summed E-state index contributed by atoms with van der Waals surface area (Å²) < 4.78 is 6.89. The summed E-state index contributed by atoms with van der Waals surface area (Å²) in [6.45, 7) is 4.58. The zero-order valence-electron chi connectivity index (χ0n) is 18.0. The molecule has 0 aromatic carbocycles. The molecular weight excluding hydrogens is 450 g/mol. The van der Waals surface area contributed by atoms with Crippen molar-refractivity contribution in [3.63, 3.8) is 0 Å². The average molecular weight is 482 g/mol. The number of rotatable bonds is 5. The van der Waals surface area contributed by atoms with Crippen LogP contribution in [0.3, 0.4) is 0 Å². The van der Waals surface area contributed by atoms with Crippen molar-refractivity contribution in [1.82, 2.24) is 14.8 Å².